The number of hydrogen-bond acceptors (Lipinski definition) is 3. The van der Waals surface area contributed by atoms with Gasteiger partial charge in [-0.25, -0.2) is 4.98 Å². The van der Waals surface area contributed by atoms with Crippen molar-refractivity contribution in [3.8, 4) is 5.75 Å². The Morgan fingerprint density at radius 1 is 1.22 bits per heavy atom. The number of carbonyl (C=O) groups excluding carboxylic acids is 1. The van der Waals surface area contributed by atoms with Crippen molar-refractivity contribution in [3.63, 3.8) is 0 Å². The molecule has 0 saturated carbocycles. The zero-order valence-electron chi connectivity index (χ0n) is 13.2. The van der Waals surface area contributed by atoms with E-state index in [0.717, 1.165) is 11.1 Å². The lowest BCUT2D eigenvalue weighted by Gasteiger charge is -2.13. The topological polar surface area (TPSA) is 62.2 Å². The number of nitrogens with zero attached hydrogens (tertiary/aromatic N) is 1. The van der Waals surface area contributed by atoms with Crippen LogP contribution in [-0.2, 0) is 11.2 Å². The van der Waals surface area contributed by atoms with Gasteiger partial charge in [0.1, 0.15) is 11.6 Å². The molecule has 2 N–H and O–H groups in total. The molecule has 1 aromatic carbocycles. The minimum absolute atomic E-state index is 0.156. The predicted octanol–water partition coefficient (Wildman–Crippen LogP) is 4.59. The monoisotopic (exact) mass is 352 g/mol. The second kappa shape index (κ2) is 7.20. The van der Waals surface area contributed by atoms with Crippen LogP contribution in [0.15, 0.2) is 18.2 Å². The van der Waals surface area contributed by atoms with Gasteiger partial charge in [0.05, 0.1) is 5.69 Å². The summed E-state index contributed by atoms with van der Waals surface area (Å²) in [6.45, 7) is 5.31. The molecule has 0 unspecified atom stereocenters. The number of benzene rings is 1. The molecule has 0 bridgehead atoms. The Morgan fingerprint density at radius 2 is 1.91 bits per heavy atom. The molecule has 0 radical (unpaired) electrons. The highest BCUT2D eigenvalue weighted by Crippen LogP contribution is 2.28. The maximum Gasteiger partial charge on any atom is 0.225 e. The molecule has 0 fully saturated rings. The van der Waals surface area contributed by atoms with Gasteiger partial charge in [0.15, 0.2) is 0 Å². The largest absolute Gasteiger partial charge is 0.506 e. The van der Waals surface area contributed by atoms with Gasteiger partial charge < -0.3 is 10.4 Å². The normalized spacial score (nSPS) is 10.7. The molecule has 0 aliphatic carbocycles. The van der Waals surface area contributed by atoms with Crippen molar-refractivity contribution in [1.29, 1.82) is 0 Å². The number of hydrogen-bond donors (Lipinski definition) is 2. The van der Waals surface area contributed by atoms with Crippen LogP contribution >= 0.6 is 23.2 Å². The Morgan fingerprint density at radius 3 is 2.57 bits per heavy atom. The SMILES string of the molecule is Cc1nc(NC(=O)CCc2ccc(Cl)cc2Cl)c(C)c(C)c1O. The Labute approximate surface area is 145 Å². The summed E-state index contributed by atoms with van der Waals surface area (Å²) in [4.78, 5) is 16.4. The zero-order valence-corrected chi connectivity index (χ0v) is 14.7. The maximum absolute atomic E-state index is 12.1. The minimum Gasteiger partial charge on any atom is -0.506 e. The quantitative estimate of drug-likeness (QED) is 0.845. The molecule has 4 nitrogen and oxygen atoms in total. The molecule has 2 aromatic rings. The van der Waals surface area contributed by atoms with Gasteiger partial charge >= 0.3 is 0 Å². The number of pyridine rings is 1. The Kier molecular flexibility index (Phi) is 5.50. The molecule has 0 aliphatic heterocycles. The molecule has 23 heavy (non-hydrogen) atoms. The van der Waals surface area contributed by atoms with Crippen molar-refractivity contribution in [2.24, 2.45) is 0 Å². The number of anilines is 1. The fourth-order valence-electron chi connectivity index (χ4n) is 2.22. The molecule has 0 aliphatic rings. The molecular formula is C17H18Cl2N2O2. The lowest BCUT2D eigenvalue weighted by atomic mass is 10.1. The number of rotatable bonds is 4. The van der Waals surface area contributed by atoms with E-state index in [0.29, 0.717) is 33.5 Å². The average Bonchev–Trinajstić information content (AvgIpc) is 2.49. The summed E-state index contributed by atoms with van der Waals surface area (Å²) in [7, 11) is 0. The third-order valence-electron chi connectivity index (χ3n) is 3.79. The van der Waals surface area contributed by atoms with Crippen molar-refractivity contribution < 1.29 is 9.90 Å². The summed E-state index contributed by atoms with van der Waals surface area (Å²) in [6.07, 6.45) is 0.790. The minimum atomic E-state index is -0.156. The average molecular weight is 353 g/mol. The highest BCUT2D eigenvalue weighted by atomic mass is 35.5. The van der Waals surface area contributed by atoms with Gasteiger partial charge in [-0.15, -0.1) is 0 Å². The van der Waals surface area contributed by atoms with Crippen molar-refractivity contribution in [2.75, 3.05) is 5.32 Å². The van der Waals surface area contributed by atoms with E-state index in [2.05, 4.69) is 10.3 Å². The Hall–Kier alpha value is -1.78. The van der Waals surface area contributed by atoms with E-state index in [9.17, 15) is 9.90 Å². The summed E-state index contributed by atoms with van der Waals surface area (Å²) >= 11 is 12.0. The highest BCUT2D eigenvalue weighted by molar-refractivity contribution is 6.35. The number of carbonyl (C=O) groups is 1. The van der Waals surface area contributed by atoms with Gasteiger partial charge in [0.25, 0.3) is 0 Å². The van der Waals surface area contributed by atoms with E-state index in [1.807, 2.05) is 13.0 Å². The highest BCUT2D eigenvalue weighted by Gasteiger charge is 2.13. The van der Waals surface area contributed by atoms with Crippen LogP contribution in [0.2, 0.25) is 10.0 Å². The molecule has 1 aromatic heterocycles. The predicted molar refractivity (Wildman–Crippen MR) is 93.5 cm³/mol. The van der Waals surface area contributed by atoms with E-state index in [1.54, 1.807) is 26.0 Å². The first-order valence-corrected chi connectivity index (χ1v) is 7.95. The van der Waals surface area contributed by atoms with E-state index >= 15 is 0 Å². The molecule has 0 atom stereocenters. The van der Waals surface area contributed by atoms with Gasteiger partial charge in [0, 0.05) is 16.5 Å². The van der Waals surface area contributed by atoms with Crippen molar-refractivity contribution >= 4 is 34.9 Å². The van der Waals surface area contributed by atoms with Crippen LogP contribution in [0.5, 0.6) is 5.75 Å². The van der Waals surface area contributed by atoms with Crippen LogP contribution in [0.25, 0.3) is 0 Å². The summed E-state index contributed by atoms with van der Waals surface area (Å²) < 4.78 is 0. The molecular weight excluding hydrogens is 335 g/mol. The van der Waals surface area contributed by atoms with E-state index in [-0.39, 0.29) is 18.1 Å². The first-order chi connectivity index (χ1) is 10.8. The fourth-order valence-corrected chi connectivity index (χ4v) is 2.72. The fraction of sp³-hybridized carbons (Fsp3) is 0.294. The molecule has 122 valence electrons. The second-order valence-electron chi connectivity index (χ2n) is 5.43. The summed E-state index contributed by atoms with van der Waals surface area (Å²) in [6, 6.07) is 5.23. The molecule has 6 heteroatoms. The molecule has 0 spiro atoms. The standard InChI is InChI=1S/C17H18Cl2N2O2/c1-9-10(2)17(20-11(3)16(9)23)21-15(22)7-5-12-4-6-13(18)8-14(12)19/h4,6,8,23H,5,7H2,1-3H3,(H,20,21,22). The number of amides is 1. The smallest absolute Gasteiger partial charge is 0.225 e. The van der Waals surface area contributed by atoms with Crippen LogP contribution in [0.4, 0.5) is 5.82 Å². The van der Waals surface area contributed by atoms with Crippen LogP contribution < -0.4 is 5.32 Å². The van der Waals surface area contributed by atoms with Crippen molar-refractivity contribution in [1.82, 2.24) is 4.98 Å². The van der Waals surface area contributed by atoms with Crippen LogP contribution in [0.3, 0.4) is 0 Å². The van der Waals surface area contributed by atoms with Crippen LogP contribution in [0, 0.1) is 20.8 Å². The van der Waals surface area contributed by atoms with E-state index in [4.69, 9.17) is 23.2 Å². The van der Waals surface area contributed by atoms with Crippen LogP contribution in [-0.4, -0.2) is 16.0 Å². The van der Waals surface area contributed by atoms with E-state index < -0.39 is 0 Å². The molecule has 1 amide bonds. The lowest BCUT2D eigenvalue weighted by Crippen LogP contribution is -2.15. The maximum atomic E-state index is 12.1. The lowest BCUT2D eigenvalue weighted by molar-refractivity contribution is -0.116. The summed E-state index contributed by atoms with van der Waals surface area (Å²) in [5.74, 6) is 0.481. The number of aromatic hydroxyl groups is 1. The first kappa shape index (κ1) is 17.6. The summed E-state index contributed by atoms with van der Waals surface area (Å²) in [5.41, 5.74) is 2.83. The zero-order chi connectivity index (χ0) is 17.1. The number of aryl methyl sites for hydroxylation is 2. The molecule has 1 heterocycles. The van der Waals surface area contributed by atoms with E-state index in [1.165, 1.54) is 0 Å². The van der Waals surface area contributed by atoms with Crippen LogP contribution in [0.1, 0.15) is 28.8 Å². The number of halogens is 2. The Balaban J connectivity index is 2.06. The number of nitrogens with one attached hydrogen (secondary N) is 1. The van der Waals surface area contributed by atoms with Crippen molar-refractivity contribution in [2.45, 2.75) is 33.6 Å². The van der Waals surface area contributed by atoms with Gasteiger partial charge in [-0.05, 0) is 56.0 Å². The molecule has 0 saturated heterocycles. The number of aromatic nitrogens is 1. The molecule has 2 rings (SSSR count). The Bertz CT molecular complexity index is 761. The van der Waals surface area contributed by atoms with Gasteiger partial charge in [-0.3, -0.25) is 4.79 Å². The summed E-state index contributed by atoms with van der Waals surface area (Å²) in [5, 5.41) is 13.8. The van der Waals surface area contributed by atoms with Gasteiger partial charge in [-0.1, -0.05) is 29.3 Å². The van der Waals surface area contributed by atoms with Crippen molar-refractivity contribution in [3.05, 3.63) is 50.6 Å². The second-order valence-corrected chi connectivity index (χ2v) is 6.27. The van der Waals surface area contributed by atoms with Gasteiger partial charge in [-0.2, -0.15) is 0 Å². The third-order valence-corrected chi connectivity index (χ3v) is 4.38. The third kappa shape index (κ3) is 4.15. The first-order valence-electron chi connectivity index (χ1n) is 7.20. The van der Waals surface area contributed by atoms with Gasteiger partial charge in [0.2, 0.25) is 5.91 Å².